The molecule has 1 atom stereocenters. The zero-order valence-corrected chi connectivity index (χ0v) is 12.6. The smallest absolute Gasteiger partial charge is 0.134 e. The molecule has 0 bridgehead atoms. The lowest BCUT2D eigenvalue weighted by Gasteiger charge is -2.15. The van der Waals surface area contributed by atoms with Crippen molar-refractivity contribution >= 4 is 17.4 Å². The molecule has 1 heterocycles. The predicted octanol–water partition coefficient (Wildman–Crippen LogP) is 4.32. The molecule has 1 rings (SSSR count). The van der Waals surface area contributed by atoms with E-state index in [1.807, 2.05) is 6.92 Å². The van der Waals surface area contributed by atoms with Crippen LogP contribution >= 0.6 is 11.6 Å². The van der Waals surface area contributed by atoms with Gasteiger partial charge in [0.2, 0.25) is 0 Å². The van der Waals surface area contributed by atoms with Gasteiger partial charge in [-0.2, -0.15) is 0 Å². The van der Waals surface area contributed by atoms with Gasteiger partial charge in [-0.3, -0.25) is 0 Å². The Kier molecular flexibility index (Phi) is 6.41. The molecule has 18 heavy (non-hydrogen) atoms. The molecule has 0 aliphatic heterocycles. The highest BCUT2D eigenvalue weighted by Crippen LogP contribution is 2.15. The largest absolute Gasteiger partial charge is 0.367 e. The van der Waals surface area contributed by atoms with E-state index in [1.54, 1.807) is 6.07 Å². The summed E-state index contributed by atoms with van der Waals surface area (Å²) in [6, 6.07) is 2.21. The maximum Gasteiger partial charge on any atom is 0.134 e. The van der Waals surface area contributed by atoms with Gasteiger partial charge in [0.05, 0.1) is 0 Å². The number of anilines is 1. The third kappa shape index (κ3) is 5.67. The second kappa shape index (κ2) is 7.57. The molecule has 1 unspecified atom stereocenters. The first-order valence-corrected chi connectivity index (χ1v) is 7.19. The minimum absolute atomic E-state index is 0.416. The maximum absolute atomic E-state index is 5.97. The van der Waals surface area contributed by atoms with Crippen molar-refractivity contribution in [1.29, 1.82) is 0 Å². The molecule has 0 saturated carbocycles. The fourth-order valence-corrected chi connectivity index (χ4v) is 2.05. The van der Waals surface area contributed by atoms with Crippen LogP contribution in [0.15, 0.2) is 6.07 Å². The number of rotatable bonds is 7. The van der Waals surface area contributed by atoms with Crippen LogP contribution in [-0.2, 0) is 6.42 Å². The summed E-state index contributed by atoms with van der Waals surface area (Å²) in [7, 11) is 0. The quantitative estimate of drug-likeness (QED) is 0.749. The third-order valence-electron chi connectivity index (χ3n) is 2.87. The summed E-state index contributed by atoms with van der Waals surface area (Å²) in [6.45, 7) is 8.73. The number of aryl methyl sites for hydroxylation is 1. The van der Waals surface area contributed by atoms with Crippen LogP contribution in [0.3, 0.4) is 0 Å². The number of hydrogen-bond donors (Lipinski definition) is 1. The Bertz CT molecular complexity index is 366. The molecule has 0 aliphatic carbocycles. The number of nitrogens with zero attached hydrogens (tertiary/aromatic N) is 2. The molecular formula is C14H24ClN3. The van der Waals surface area contributed by atoms with Crippen LogP contribution in [0, 0.1) is 5.92 Å². The lowest BCUT2D eigenvalue weighted by atomic mass is 10.0. The first-order chi connectivity index (χ1) is 8.51. The number of hydrogen-bond acceptors (Lipinski definition) is 3. The van der Waals surface area contributed by atoms with E-state index >= 15 is 0 Å². The molecule has 1 aromatic heterocycles. The van der Waals surface area contributed by atoms with E-state index in [4.69, 9.17) is 11.6 Å². The summed E-state index contributed by atoms with van der Waals surface area (Å²) >= 11 is 5.97. The van der Waals surface area contributed by atoms with Gasteiger partial charge in [-0.15, -0.1) is 0 Å². The summed E-state index contributed by atoms with van der Waals surface area (Å²) in [5.41, 5.74) is 0. The van der Waals surface area contributed by atoms with Gasteiger partial charge >= 0.3 is 0 Å². The third-order valence-corrected chi connectivity index (χ3v) is 3.06. The molecule has 0 amide bonds. The van der Waals surface area contributed by atoms with Gasteiger partial charge in [0.15, 0.2) is 0 Å². The van der Waals surface area contributed by atoms with Crippen molar-refractivity contribution in [3.63, 3.8) is 0 Å². The Labute approximate surface area is 115 Å². The molecule has 1 N–H and O–H groups in total. The first kappa shape index (κ1) is 15.2. The van der Waals surface area contributed by atoms with Crippen LogP contribution in [0.2, 0.25) is 5.15 Å². The highest BCUT2D eigenvalue weighted by molar-refractivity contribution is 6.29. The Morgan fingerprint density at radius 2 is 1.94 bits per heavy atom. The topological polar surface area (TPSA) is 37.8 Å². The van der Waals surface area contributed by atoms with E-state index in [1.165, 1.54) is 12.8 Å². The number of nitrogens with one attached hydrogen (secondary N) is 1. The average Bonchev–Trinajstić information content (AvgIpc) is 2.27. The fraction of sp³-hybridized carbons (Fsp3) is 0.714. The molecule has 1 aromatic rings. The summed E-state index contributed by atoms with van der Waals surface area (Å²) in [6.07, 6.45) is 4.47. The van der Waals surface area contributed by atoms with Crippen LogP contribution in [-0.4, -0.2) is 16.0 Å². The fourth-order valence-electron chi connectivity index (χ4n) is 1.85. The number of aromatic nitrogens is 2. The van der Waals surface area contributed by atoms with E-state index in [9.17, 15) is 0 Å². The Morgan fingerprint density at radius 1 is 1.22 bits per heavy atom. The van der Waals surface area contributed by atoms with E-state index in [-0.39, 0.29) is 0 Å². The van der Waals surface area contributed by atoms with Gasteiger partial charge in [0.1, 0.15) is 16.8 Å². The van der Waals surface area contributed by atoms with Crippen LogP contribution < -0.4 is 5.32 Å². The number of halogens is 1. The molecule has 0 radical (unpaired) electrons. The highest BCUT2D eigenvalue weighted by Gasteiger charge is 2.06. The summed E-state index contributed by atoms with van der Waals surface area (Å²) in [4.78, 5) is 8.59. The van der Waals surface area contributed by atoms with Crippen molar-refractivity contribution in [3.05, 3.63) is 17.0 Å². The summed E-state index contributed by atoms with van der Waals surface area (Å²) < 4.78 is 0. The SMILES string of the molecule is CCc1nc(Cl)cc(NC(C)CCCC(C)C)n1. The zero-order valence-electron chi connectivity index (χ0n) is 11.8. The minimum atomic E-state index is 0.416. The van der Waals surface area contributed by atoms with Gasteiger partial charge in [0, 0.05) is 18.5 Å². The first-order valence-electron chi connectivity index (χ1n) is 6.81. The van der Waals surface area contributed by atoms with E-state index in [2.05, 4.69) is 36.1 Å². The van der Waals surface area contributed by atoms with Crippen molar-refractivity contribution < 1.29 is 0 Å². The molecule has 4 heteroatoms. The Morgan fingerprint density at radius 3 is 2.56 bits per heavy atom. The van der Waals surface area contributed by atoms with E-state index in [0.717, 1.165) is 30.4 Å². The van der Waals surface area contributed by atoms with Crippen LogP contribution in [0.25, 0.3) is 0 Å². The molecule has 0 fully saturated rings. The van der Waals surface area contributed by atoms with Crippen molar-refractivity contribution in [1.82, 2.24) is 9.97 Å². The second-order valence-electron chi connectivity index (χ2n) is 5.22. The molecule has 102 valence electrons. The lowest BCUT2D eigenvalue weighted by Crippen LogP contribution is -2.16. The average molecular weight is 270 g/mol. The molecule has 0 aliphatic rings. The van der Waals surface area contributed by atoms with Gasteiger partial charge in [0.25, 0.3) is 0 Å². The van der Waals surface area contributed by atoms with Crippen molar-refractivity contribution in [3.8, 4) is 0 Å². The van der Waals surface area contributed by atoms with E-state index < -0.39 is 0 Å². The van der Waals surface area contributed by atoms with Gasteiger partial charge in [-0.05, 0) is 19.3 Å². The minimum Gasteiger partial charge on any atom is -0.367 e. The summed E-state index contributed by atoms with van der Waals surface area (Å²) in [5, 5.41) is 3.91. The highest BCUT2D eigenvalue weighted by atomic mass is 35.5. The monoisotopic (exact) mass is 269 g/mol. The molecule has 3 nitrogen and oxygen atoms in total. The van der Waals surface area contributed by atoms with Crippen LogP contribution in [0.4, 0.5) is 5.82 Å². The van der Waals surface area contributed by atoms with Crippen molar-refractivity contribution in [2.24, 2.45) is 5.92 Å². The standard InChI is InChI=1S/C14H24ClN3/c1-5-13-17-12(15)9-14(18-13)16-11(4)8-6-7-10(2)3/h9-11H,5-8H2,1-4H3,(H,16,17,18). The Balaban J connectivity index is 2.48. The molecular weight excluding hydrogens is 246 g/mol. The second-order valence-corrected chi connectivity index (χ2v) is 5.60. The molecule has 0 saturated heterocycles. The van der Waals surface area contributed by atoms with E-state index in [0.29, 0.717) is 11.2 Å². The molecule has 0 spiro atoms. The van der Waals surface area contributed by atoms with Gasteiger partial charge < -0.3 is 5.32 Å². The van der Waals surface area contributed by atoms with Crippen LogP contribution in [0.5, 0.6) is 0 Å². The maximum atomic E-state index is 5.97. The van der Waals surface area contributed by atoms with Crippen molar-refractivity contribution in [2.75, 3.05) is 5.32 Å². The van der Waals surface area contributed by atoms with Crippen molar-refractivity contribution in [2.45, 2.75) is 59.4 Å². The molecule has 0 aromatic carbocycles. The normalized spacial score (nSPS) is 12.8. The predicted molar refractivity (Wildman–Crippen MR) is 78.2 cm³/mol. The lowest BCUT2D eigenvalue weighted by molar-refractivity contribution is 0.520. The van der Waals surface area contributed by atoms with Crippen LogP contribution in [0.1, 0.15) is 52.8 Å². The van der Waals surface area contributed by atoms with Gasteiger partial charge in [-0.1, -0.05) is 45.2 Å². The zero-order chi connectivity index (χ0) is 13.5. The summed E-state index contributed by atoms with van der Waals surface area (Å²) in [5.74, 6) is 2.40. The van der Waals surface area contributed by atoms with Gasteiger partial charge in [-0.25, -0.2) is 9.97 Å². The Hall–Kier alpha value is -0.830.